The fourth-order valence-electron chi connectivity index (χ4n) is 6.06. The number of aliphatic hydroxyl groups excluding tert-OH is 2. The lowest BCUT2D eigenvalue weighted by molar-refractivity contribution is -0.162. The van der Waals surface area contributed by atoms with E-state index >= 15 is 4.39 Å². The van der Waals surface area contributed by atoms with Gasteiger partial charge in [0.15, 0.2) is 6.10 Å². The molecule has 7 atom stereocenters. The highest BCUT2D eigenvalue weighted by Crippen LogP contribution is 2.49. The number of epoxide rings is 1. The van der Waals surface area contributed by atoms with Crippen molar-refractivity contribution in [3.05, 3.63) is 21.9 Å². The number of aliphatic hydroxyl groups is 2. The third-order valence-electron chi connectivity index (χ3n) is 8.81. The van der Waals surface area contributed by atoms with Gasteiger partial charge in [-0.2, -0.15) is 0 Å². The quantitative estimate of drug-likeness (QED) is 0.416. The molecule has 1 spiro atoms. The summed E-state index contributed by atoms with van der Waals surface area (Å²) >= 11 is 1.40. The third-order valence-corrected chi connectivity index (χ3v) is 9.60. The van der Waals surface area contributed by atoms with Gasteiger partial charge < -0.3 is 19.7 Å². The van der Waals surface area contributed by atoms with Crippen LogP contribution < -0.4 is 0 Å². The van der Waals surface area contributed by atoms with Gasteiger partial charge in [-0.1, -0.05) is 26.7 Å². The highest BCUT2D eigenvalue weighted by Gasteiger charge is 2.55. The molecule has 9 heteroatoms. The number of hydrogen-bond acceptors (Lipinski definition) is 8. The van der Waals surface area contributed by atoms with Gasteiger partial charge in [-0.3, -0.25) is 9.59 Å². The second-order valence-electron chi connectivity index (χ2n) is 11.4. The molecule has 0 amide bonds. The van der Waals surface area contributed by atoms with Gasteiger partial charge in [-0.15, -0.1) is 11.3 Å². The van der Waals surface area contributed by atoms with E-state index in [0.717, 1.165) is 30.7 Å². The number of nitrogens with zero attached hydrogens (tertiary/aromatic N) is 1. The van der Waals surface area contributed by atoms with Gasteiger partial charge in [0.05, 0.1) is 46.5 Å². The minimum Gasteiger partial charge on any atom is -0.455 e. The molecule has 206 valence electrons. The van der Waals surface area contributed by atoms with Crippen LogP contribution in [0.15, 0.2) is 11.2 Å². The van der Waals surface area contributed by atoms with Gasteiger partial charge >= 0.3 is 5.97 Å². The Morgan fingerprint density at radius 3 is 2.59 bits per heavy atom. The summed E-state index contributed by atoms with van der Waals surface area (Å²) in [5, 5.41) is 24.7. The fourth-order valence-corrected chi connectivity index (χ4v) is 6.63. The normalized spacial score (nSPS) is 37.5. The lowest BCUT2D eigenvalue weighted by atomic mass is 9.58. The van der Waals surface area contributed by atoms with Crippen molar-refractivity contribution in [3.8, 4) is 0 Å². The van der Waals surface area contributed by atoms with E-state index < -0.39 is 53.5 Å². The summed E-state index contributed by atoms with van der Waals surface area (Å²) in [6.07, 6.45) is 1.91. The molecule has 2 aliphatic heterocycles. The molecule has 0 aromatic carbocycles. The molecular formula is C28H40FNO6S. The smallest absolute Gasteiger partial charge is 0.309 e. The van der Waals surface area contributed by atoms with Gasteiger partial charge in [0, 0.05) is 17.7 Å². The number of fused-ring (bicyclic) bond motifs is 1. The van der Waals surface area contributed by atoms with Crippen LogP contribution in [0.25, 0.3) is 6.08 Å². The van der Waals surface area contributed by atoms with Crippen LogP contribution in [0.2, 0.25) is 0 Å². The Kier molecular flexibility index (Phi) is 8.58. The number of ether oxygens (including phenoxy) is 2. The van der Waals surface area contributed by atoms with E-state index in [1.54, 1.807) is 5.38 Å². The van der Waals surface area contributed by atoms with E-state index in [4.69, 9.17) is 9.47 Å². The van der Waals surface area contributed by atoms with E-state index in [1.807, 2.05) is 27.7 Å². The van der Waals surface area contributed by atoms with Crippen LogP contribution in [0.5, 0.6) is 0 Å². The van der Waals surface area contributed by atoms with Crippen molar-refractivity contribution in [1.29, 1.82) is 0 Å². The summed E-state index contributed by atoms with van der Waals surface area (Å²) in [6.45, 7) is 7.62. The van der Waals surface area contributed by atoms with E-state index in [9.17, 15) is 19.8 Å². The average Bonchev–Trinajstić information content (AvgIpc) is 3.24. The Hall–Kier alpha value is -1.68. The van der Waals surface area contributed by atoms with Crippen molar-refractivity contribution in [2.24, 2.45) is 17.3 Å². The second kappa shape index (κ2) is 11.2. The maximum atomic E-state index is 15.4. The maximum absolute atomic E-state index is 15.4. The SMILES string of the molecule is CC[C@@H]1C(=O)C2(CCC2)[C@H](O)CC(=O)O[C@H](/C(F)=C/c2csc(C)n2)CC2OC2(C)CCC[C@H](C)[C@@H]1O. The number of carbonyl (C=O) groups excluding carboxylic acids is 2. The number of rotatable bonds is 3. The zero-order chi connectivity index (χ0) is 27.0. The number of carbonyl (C=O) groups is 2. The molecule has 3 aliphatic rings. The fraction of sp³-hybridized carbons (Fsp3) is 0.750. The minimum absolute atomic E-state index is 0.100. The molecule has 2 N–H and O–H groups in total. The summed E-state index contributed by atoms with van der Waals surface area (Å²) in [5.74, 6) is -2.26. The van der Waals surface area contributed by atoms with Crippen molar-refractivity contribution in [2.45, 2.75) is 115 Å². The molecule has 3 fully saturated rings. The summed E-state index contributed by atoms with van der Waals surface area (Å²) < 4.78 is 26.9. The first-order chi connectivity index (χ1) is 17.5. The molecule has 3 heterocycles. The number of hydrogen-bond donors (Lipinski definition) is 2. The number of cyclic esters (lactones) is 1. The minimum atomic E-state index is -1.25. The van der Waals surface area contributed by atoms with Crippen LogP contribution in [-0.4, -0.2) is 57.0 Å². The Morgan fingerprint density at radius 2 is 2.00 bits per heavy atom. The van der Waals surface area contributed by atoms with Crippen LogP contribution in [0.3, 0.4) is 0 Å². The molecular weight excluding hydrogens is 497 g/mol. The predicted octanol–water partition coefficient (Wildman–Crippen LogP) is 4.92. The van der Waals surface area contributed by atoms with Gasteiger partial charge in [0.1, 0.15) is 11.6 Å². The largest absolute Gasteiger partial charge is 0.455 e. The lowest BCUT2D eigenvalue weighted by Gasteiger charge is -2.46. The van der Waals surface area contributed by atoms with Gasteiger partial charge in [-0.05, 0) is 57.9 Å². The molecule has 1 aliphatic carbocycles. The summed E-state index contributed by atoms with van der Waals surface area (Å²) in [4.78, 5) is 30.9. The first-order valence-electron chi connectivity index (χ1n) is 13.6. The number of halogens is 1. The van der Waals surface area contributed by atoms with Crippen molar-refractivity contribution < 1.29 is 33.7 Å². The van der Waals surface area contributed by atoms with Gasteiger partial charge in [0.25, 0.3) is 0 Å². The van der Waals surface area contributed by atoms with Crippen LogP contribution in [0.1, 0.15) is 89.3 Å². The first kappa shape index (κ1) is 28.3. The zero-order valence-corrected chi connectivity index (χ0v) is 23.1. The lowest BCUT2D eigenvalue weighted by Crippen LogP contribution is -2.53. The molecule has 37 heavy (non-hydrogen) atoms. The number of aryl methyl sites for hydroxylation is 1. The standard InChI is InChI=1S/C28H40FNO6S/c1-5-19-25(33)16(2)8-6-9-27(4)23(36-27)13-21(20(29)12-18-15-37-17(3)30-18)35-24(32)14-22(31)28(26(19)34)10-7-11-28/h12,15-16,19,21-23,25,31,33H,5-11,13-14H2,1-4H3/b20-12-/t16-,19-,21-,22+,23?,25-,27?/m0/s1. The Morgan fingerprint density at radius 1 is 1.27 bits per heavy atom. The van der Waals surface area contributed by atoms with Crippen LogP contribution in [0.4, 0.5) is 4.39 Å². The second-order valence-corrected chi connectivity index (χ2v) is 12.5. The highest BCUT2D eigenvalue weighted by atomic mass is 32.1. The van der Waals surface area contributed by atoms with E-state index in [0.29, 0.717) is 25.0 Å². The number of aromatic nitrogens is 1. The van der Waals surface area contributed by atoms with Crippen molar-refractivity contribution in [1.82, 2.24) is 4.98 Å². The van der Waals surface area contributed by atoms with Crippen LogP contribution in [0, 0.1) is 24.2 Å². The molecule has 1 aromatic rings. The molecule has 1 saturated carbocycles. The van der Waals surface area contributed by atoms with Crippen molar-refractivity contribution in [2.75, 3.05) is 0 Å². The Bertz CT molecular complexity index is 1020. The molecule has 7 nitrogen and oxygen atoms in total. The zero-order valence-electron chi connectivity index (χ0n) is 22.2. The molecule has 4 rings (SSSR count). The van der Waals surface area contributed by atoms with E-state index in [2.05, 4.69) is 4.98 Å². The number of Topliss-reactive ketones (excluding diaryl/α,β-unsaturated/α-hetero) is 1. The predicted molar refractivity (Wildman–Crippen MR) is 138 cm³/mol. The number of thiazole rings is 1. The van der Waals surface area contributed by atoms with Gasteiger partial charge in [-0.25, -0.2) is 9.37 Å². The number of ketones is 1. The number of esters is 1. The average molecular weight is 538 g/mol. The Balaban J connectivity index is 1.59. The van der Waals surface area contributed by atoms with Crippen LogP contribution >= 0.6 is 11.3 Å². The molecule has 0 radical (unpaired) electrons. The van der Waals surface area contributed by atoms with Crippen molar-refractivity contribution in [3.63, 3.8) is 0 Å². The highest BCUT2D eigenvalue weighted by molar-refractivity contribution is 7.09. The molecule has 2 unspecified atom stereocenters. The van der Waals surface area contributed by atoms with Gasteiger partial charge in [0.2, 0.25) is 0 Å². The summed E-state index contributed by atoms with van der Waals surface area (Å²) in [5.41, 5.74) is -1.07. The third kappa shape index (κ3) is 6.00. The topological polar surface area (TPSA) is 109 Å². The molecule has 1 aromatic heterocycles. The monoisotopic (exact) mass is 537 g/mol. The van der Waals surface area contributed by atoms with Crippen LogP contribution in [-0.2, 0) is 19.1 Å². The van der Waals surface area contributed by atoms with E-state index in [-0.39, 0.29) is 24.2 Å². The Labute approximate surface area is 222 Å². The molecule has 2 saturated heterocycles. The van der Waals surface area contributed by atoms with E-state index in [1.165, 1.54) is 17.4 Å². The molecule has 0 bridgehead atoms. The summed E-state index contributed by atoms with van der Waals surface area (Å²) in [6, 6.07) is 0. The summed E-state index contributed by atoms with van der Waals surface area (Å²) in [7, 11) is 0. The maximum Gasteiger partial charge on any atom is 0.309 e. The van der Waals surface area contributed by atoms with Crippen molar-refractivity contribution >= 4 is 29.2 Å². The first-order valence-corrected chi connectivity index (χ1v) is 14.4.